The minimum atomic E-state index is -0.473. The number of carbonyl (C=O) groups is 1. The second kappa shape index (κ2) is 3.05. The van der Waals surface area contributed by atoms with Crippen LogP contribution in [0.15, 0.2) is 0 Å². The molecule has 1 amide bonds. The van der Waals surface area contributed by atoms with Gasteiger partial charge in [-0.3, -0.25) is 4.79 Å². The molecule has 0 radical (unpaired) electrons. The first-order valence-electron chi connectivity index (χ1n) is 4.38. The van der Waals surface area contributed by atoms with Crippen molar-refractivity contribution in [2.45, 2.75) is 33.3 Å². The van der Waals surface area contributed by atoms with E-state index in [-0.39, 0.29) is 17.2 Å². The molecule has 1 saturated heterocycles. The monoisotopic (exact) mass is 171 g/mol. The molecular weight excluding hydrogens is 154 g/mol. The van der Waals surface area contributed by atoms with E-state index in [9.17, 15) is 9.90 Å². The number of amides is 1. The van der Waals surface area contributed by atoms with Gasteiger partial charge in [-0.2, -0.15) is 0 Å². The fourth-order valence-electron chi connectivity index (χ4n) is 1.77. The highest BCUT2D eigenvalue weighted by molar-refractivity contribution is 5.80. The molecule has 0 bridgehead atoms. The van der Waals surface area contributed by atoms with Crippen LogP contribution in [0.2, 0.25) is 0 Å². The van der Waals surface area contributed by atoms with Crippen LogP contribution in [0.25, 0.3) is 0 Å². The van der Waals surface area contributed by atoms with E-state index in [2.05, 4.69) is 5.32 Å². The standard InChI is InChI=1S/C9H17NO2/c1-9(2,3)7-6(11)4-5-10-8(7)12/h6-7,11H,4-5H2,1-3H3,(H,10,12). The Morgan fingerprint density at radius 3 is 2.42 bits per heavy atom. The van der Waals surface area contributed by atoms with E-state index >= 15 is 0 Å². The summed E-state index contributed by atoms with van der Waals surface area (Å²) in [7, 11) is 0. The summed E-state index contributed by atoms with van der Waals surface area (Å²) in [5, 5.41) is 12.4. The number of nitrogens with one attached hydrogen (secondary N) is 1. The van der Waals surface area contributed by atoms with Gasteiger partial charge in [0.05, 0.1) is 12.0 Å². The lowest BCUT2D eigenvalue weighted by molar-refractivity contribution is -0.137. The maximum Gasteiger partial charge on any atom is 0.226 e. The number of aliphatic hydroxyl groups excluding tert-OH is 1. The predicted octanol–water partition coefficient (Wildman–Crippen LogP) is 0.529. The summed E-state index contributed by atoms with van der Waals surface area (Å²) in [6.45, 7) is 6.54. The SMILES string of the molecule is CC(C)(C)C1C(=O)NCCC1O. The van der Waals surface area contributed by atoms with Crippen LogP contribution in [0.1, 0.15) is 27.2 Å². The van der Waals surface area contributed by atoms with E-state index in [1.54, 1.807) is 0 Å². The molecule has 1 fully saturated rings. The fourth-order valence-corrected chi connectivity index (χ4v) is 1.77. The van der Waals surface area contributed by atoms with Gasteiger partial charge in [-0.25, -0.2) is 0 Å². The van der Waals surface area contributed by atoms with E-state index in [0.29, 0.717) is 13.0 Å². The lowest BCUT2D eigenvalue weighted by Gasteiger charge is -2.36. The van der Waals surface area contributed by atoms with Crippen LogP contribution in [0, 0.1) is 11.3 Å². The Bertz CT molecular complexity index is 183. The zero-order valence-corrected chi connectivity index (χ0v) is 7.92. The second-order valence-corrected chi connectivity index (χ2v) is 4.49. The average molecular weight is 171 g/mol. The molecule has 1 aliphatic heterocycles. The normalized spacial score (nSPS) is 31.5. The molecule has 0 aromatic heterocycles. The maximum absolute atomic E-state index is 11.4. The lowest BCUT2D eigenvalue weighted by atomic mass is 9.74. The Balaban J connectivity index is 2.77. The number of hydrogen-bond donors (Lipinski definition) is 2. The van der Waals surface area contributed by atoms with E-state index < -0.39 is 6.10 Å². The average Bonchev–Trinajstić information content (AvgIpc) is 1.82. The van der Waals surface area contributed by atoms with Gasteiger partial charge in [0, 0.05) is 6.54 Å². The van der Waals surface area contributed by atoms with Crippen LogP contribution < -0.4 is 5.32 Å². The maximum atomic E-state index is 11.4. The molecule has 3 nitrogen and oxygen atoms in total. The molecule has 1 aliphatic rings. The number of hydrogen-bond acceptors (Lipinski definition) is 2. The van der Waals surface area contributed by atoms with Gasteiger partial charge in [-0.05, 0) is 11.8 Å². The summed E-state index contributed by atoms with van der Waals surface area (Å²) in [6, 6.07) is 0. The zero-order valence-electron chi connectivity index (χ0n) is 7.92. The first-order valence-corrected chi connectivity index (χ1v) is 4.38. The minimum absolute atomic E-state index is 0.0127. The molecule has 3 heteroatoms. The number of piperidine rings is 1. The second-order valence-electron chi connectivity index (χ2n) is 4.49. The van der Waals surface area contributed by atoms with Crippen LogP contribution >= 0.6 is 0 Å². The Kier molecular flexibility index (Phi) is 2.42. The van der Waals surface area contributed by atoms with Crippen molar-refractivity contribution < 1.29 is 9.90 Å². The third kappa shape index (κ3) is 1.78. The smallest absolute Gasteiger partial charge is 0.226 e. The highest BCUT2D eigenvalue weighted by Crippen LogP contribution is 2.31. The van der Waals surface area contributed by atoms with E-state index in [4.69, 9.17) is 0 Å². The minimum Gasteiger partial charge on any atom is -0.392 e. The predicted molar refractivity (Wildman–Crippen MR) is 46.6 cm³/mol. The fraction of sp³-hybridized carbons (Fsp3) is 0.889. The molecule has 0 saturated carbocycles. The molecule has 2 atom stereocenters. The third-order valence-corrected chi connectivity index (χ3v) is 2.34. The topological polar surface area (TPSA) is 49.3 Å². The summed E-state index contributed by atoms with van der Waals surface area (Å²) in [6.07, 6.45) is 0.201. The molecule has 0 aliphatic carbocycles. The summed E-state index contributed by atoms with van der Waals surface area (Å²) in [4.78, 5) is 11.4. The van der Waals surface area contributed by atoms with Crippen molar-refractivity contribution in [3.05, 3.63) is 0 Å². The van der Waals surface area contributed by atoms with Crippen LogP contribution in [-0.2, 0) is 4.79 Å². The summed E-state index contributed by atoms with van der Waals surface area (Å²) < 4.78 is 0. The van der Waals surface area contributed by atoms with Gasteiger partial charge in [0.2, 0.25) is 5.91 Å². The summed E-state index contributed by atoms with van der Waals surface area (Å²) >= 11 is 0. The van der Waals surface area contributed by atoms with E-state index in [1.807, 2.05) is 20.8 Å². The quantitative estimate of drug-likeness (QED) is 0.558. The highest BCUT2D eigenvalue weighted by Gasteiger charge is 2.39. The van der Waals surface area contributed by atoms with Crippen LogP contribution in [0.5, 0.6) is 0 Å². The molecule has 2 N–H and O–H groups in total. The first kappa shape index (κ1) is 9.52. The molecular formula is C9H17NO2. The van der Waals surface area contributed by atoms with Crippen LogP contribution in [-0.4, -0.2) is 23.7 Å². The van der Waals surface area contributed by atoms with Gasteiger partial charge in [0.1, 0.15) is 0 Å². The van der Waals surface area contributed by atoms with Gasteiger partial charge in [-0.1, -0.05) is 20.8 Å². The highest BCUT2D eigenvalue weighted by atomic mass is 16.3. The van der Waals surface area contributed by atoms with Crippen molar-refractivity contribution in [1.29, 1.82) is 0 Å². The largest absolute Gasteiger partial charge is 0.392 e. The molecule has 0 spiro atoms. The van der Waals surface area contributed by atoms with Gasteiger partial charge in [-0.15, -0.1) is 0 Å². The molecule has 2 unspecified atom stereocenters. The van der Waals surface area contributed by atoms with Crippen molar-refractivity contribution in [3.63, 3.8) is 0 Å². The van der Waals surface area contributed by atoms with Gasteiger partial charge >= 0.3 is 0 Å². The van der Waals surface area contributed by atoms with Crippen molar-refractivity contribution in [1.82, 2.24) is 5.32 Å². The van der Waals surface area contributed by atoms with E-state index in [1.165, 1.54) is 0 Å². The Labute approximate surface area is 73.2 Å². The lowest BCUT2D eigenvalue weighted by Crippen LogP contribution is -2.50. The summed E-state index contributed by atoms with van der Waals surface area (Å²) in [5.74, 6) is -0.271. The molecule has 12 heavy (non-hydrogen) atoms. The molecule has 0 aromatic carbocycles. The van der Waals surface area contributed by atoms with Crippen molar-refractivity contribution in [2.75, 3.05) is 6.54 Å². The Morgan fingerprint density at radius 1 is 1.50 bits per heavy atom. The molecule has 1 rings (SSSR count). The summed E-state index contributed by atoms with van der Waals surface area (Å²) in [5.41, 5.74) is -0.149. The van der Waals surface area contributed by atoms with E-state index in [0.717, 1.165) is 0 Å². The van der Waals surface area contributed by atoms with Crippen LogP contribution in [0.3, 0.4) is 0 Å². The number of aliphatic hydroxyl groups is 1. The Hall–Kier alpha value is -0.570. The van der Waals surface area contributed by atoms with Gasteiger partial charge in [0.15, 0.2) is 0 Å². The molecule has 0 aromatic rings. The van der Waals surface area contributed by atoms with Crippen LogP contribution in [0.4, 0.5) is 0 Å². The number of carbonyl (C=O) groups excluding carboxylic acids is 1. The van der Waals surface area contributed by atoms with Gasteiger partial charge in [0.25, 0.3) is 0 Å². The third-order valence-electron chi connectivity index (χ3n) is 2.34. The van der Waals surface area contributed by atoms with Crippen molar-refractivity contribution in [2.24, 2.45) is 11.3 Å². The van der Waals surface area contributed by atoms with Crippen molar-refractivity contribution >= 4 is 5.91 Å². The van der Waals surface area contributed by atoms with Crippen molar-refractivity contribution in [3.8, 4) is 0 Å². The molecule has 70 valence electrons. The molecule has 1 heterocycles. The Morgan fingerprint density at radius 2 is 2.08 bits per heavy atom. The number of rotatable bonds is 0. The zero-order chi connectivity index (χ0) is 9.35. The first-order chi connectivity index (χ1) is 5.43. The van der Waals surface area contributed by atoms with Gasteiger partial charge < -0.3 is 10.4 Å².